The predicted molar refractivity (Wildman–Crippen MR) is 98.7 cm³/mol. The van der Waals surface area contributed by atoms with Crippen molar-refractivity contribution in [2.24, 2.45) is 0 Å². The Bertz CT molecular complexity index is 1040. The molecule has 1 heterocycles. The molecule has 26 heavy (non-hydrogen) atoms. The van der Waals surface area contributed by atoms with E-state index in [2.05, 4.69) is 16.4 Å². The zero-order valence-corrected chi connectivity index (χ0v) is 15.0. The fourth-order valence-corrected chi connectivity index (χ4v) is 2.89. The number of methoxy groups -OCH3 is 2. The molecule has 0 aliphatic carbocycles. The molecule has 0 saturated heterocycles. The largest absolute Gasteiger partial charge is 0.496 e. The highest BCUT2D eigenvalue weighted by Gasteiger charge is 2.15. The summed E-state index contributed by atoms with van der Waals surface area (Å²) in [6.45, 7) is 3.93. The third-order valence-corrected chi connectivity index (χ3v) is 4.26. The molecule has 2 aromatic carbocycles. The lowest BCUT2D eigenvalue weighted by Gasteiger charge is -2.16. The van der Waals surface area contributed by atoms with Gasteiger partial charge in [-0.05, 0) is 31.0 Å². The summed E-state index contributed by atoms with van der Waals surface area (Å²) >= 11 is 0. The van der Waals surface area contributed by atoms with Crippen LogP contribution in [0.25, 0.3) is 10.9 Å². The maximum atomic E-state index is 14.0. The molecule has 0 bridgehead atoms. The quantitative estimate of drug-likeness (QED) is 0.743. The van der Waals surface area contributed by atoms with Gasteiger partial charge in [0.25, 0.3) is 0 Å². The van der Waals surface area contributed by atoms with E-state index in [4.69, 9.17) is 9.47 Å². The first-order valence-corrected chi connectivity index (χ1v) is 7.97. The molecule has 132 valence electrons. The molecule has 0 fully saturated rings. The number of aromatic nitrogens is 1. The average molecular weight is 351 g/mol. The first-order valence-electron chi connectivity index (χ1n) is 7.97. The van der Waals surface area contributed by atoms with Crippen LogP contribution in [0.15, 0.2) is 30.5 Å². The summed E-state index contributed by atoms with van der Waals surface area (Å²) in [6.07, 6.45) is 1.43. The predicted octanol–water partition coefficient (Wildman–Crippen LogP) is 4.62. The van der Waals surface area contributed by atoms with Gasteiger partial charge in [-0.15, -0.1) is 0 Å². The SMILES string of the molecule is COc1cc(Nc2c(C#N)cnc3cc(F)c(OC)cc23)c(C)cc1C. The zero-order chi connectivity index (χ0) is 18.8. The van der Waals surface area contributed by atoms with Crippen molar-refractivity contribution in [2.45, 2.75) is 13.8 Å². The number of hydrogen-bond acceptors (Lipinski definition) is 5. The van der Waals surface area contributed by atoms with Crippen LogP contribution < -0.4 is 14.8 Å². The van der Waals surface area contributed by atoms with Gasteiger partial charge in [-0.2, -0.15) is 5.26 Å². The van der Waals surface area contributed by atoms with Crippen LogP contribution in [0.2, 0.25) is 0 Å². The first kappa shape index (κ1) is 17.5. The van der Waals surface area contributed by atoms with Crippen molar-refractivity contribution in [1.29, 1.82) is 5.26 Å². The van der Waals surface area contributed by atoms with Crippen molar-refractivity contribution in [1.82, 2.24) is 4.98 Å². The van der Waals surface area contributed by atoms with E-state index in [1.54, 1.807) is 13.2 Å². The van der Waals surface area contributed by atoms with Gasteiger partial charge >= 0.3 is 0 Å². The Labute approximate surface area is 151 Å². The number of pyridine rings is 1. The van der Waals surface area contributed by atoms with Crippen LogP contribution >= 0.6 is 0 Å². The normalized spacial score (nSPS) is 10.5. The van der Waals surface area contributed by atoms with Crippen molar-refractivity contribution in [2.75, 3.05) is 19.5 Å². The third kappa shape index (κ3) is 3.00. The molecule has 0 aliphatic rings. The van der Waals surface area contributed by atoms with E-state index in [-0.39, 0.29) is 5.75 Å². The molecule has 0 spiro atoms. The van der Waals surface area contributed by atoms with Crippen molar-refractivity contribution >= 4 is 22.3 Å². The Balaban J connectivity index is 2.22. The number of anilines is 2. The lowest BCUT2D eigenvalue weighted by molar-refractivity contribution is 0.387. The number of nitrogens with zero attached hydrogens (tertiary/aromatic N) is 2. The summed E-state index contributed by atoms with van der Waals surface area (Å²) < 4.78 is 24.5. The summed E-state index contributed by atoms with van der Waals surface area (Å²) in [7, 11) is 3.01. The maximum Gasteiger partial charge on any atom is 0.167 e. The van der Waals surface area contributed by atoms with E-state index in [9.17, 15) is 9.65 Å². The minimum Gasteiger partial charge on any atom is -0.496 e. The smallest absolute Gasteiger partial charge is 0.167 e. The number of halogens is 1. The first-order chi connectivity index (χ1) is 12.5. The van der Waals surface area contributed by atoms with Gasteiger partial charge in [0.2, 0.25) is 0 Å². The Morgan fingerprint density at radius 2 is 1.77 bits per heavy atom. The Morgan fingerprint density at radius 3 is 2.42 bits per heavy atom. The van der Waals surface area contributed by atoms with Crippen LogP contribution in [0.1, 0.15) is 16.7 Å². The molecule has 0 atom stereocenters. The monoisotopic (exact) mass is 351 g/mol. The van der Waals surface area contributed by atoms with Gasteiger partial charge in [-0.1, -0.05) is 6.07 Å². The summed E-state index contributed by atoms with van der Waals surface area (Å²) in [5.41, 5.74) is 4.13. The fraction of sp³-hybridized carbons (Fsp3) is 0.200. The average Bonchev–Trinajstić information content (AvgIpc) is 2.63. The molecule has 3 aromatic rings. The van der Waals surface area contributed by atoms with Crippen molar-refractivity contribution < 1.29 is 13.9 Å². The molecule has 0 aliphatic heterocycles. The van der Waals surface area contributed by atoms with Crippen LogP contribution in [0.5, 0.6) is 11.5 Å². The molecule has 6 heteroatoms. The summed E-state index contributed by atoms with van der Waals surface area (Å²) in [5, 5.41) is 13.4. The van der Waals surface area contributed by atoms with Gasteiger partial charge in [0.1, 0.15) is 11.8 Å². The molecule has 0 saturated carbocycles. The minimum atomic E-state index is -0.503. The van der Waals surface area contributed by atoms with Crippen LogP contribution in [-0.2, 0) is 0 Å². The molecule has 5 nitrogen and oxygen atoms in total. The van der Waals surface area contributed by atoms with Crippen LogP contribution in [0.4, 0.5) is 15.8 Å². The van der Waals surface area contributed by atoms with Crippen molar-refractivity contribution in [3.63, 3.8) is 0 Å². The fourth-order valence-electron chi connectivity index (χ4n) is 2.89. The Hall–Kier alpha value is -3.33. The zero-order valence-electron chi connectivity index (χ0n) is 15.0. The van der Waals surface area contributed by atoms with Gasteiger partial charge < -0.3 is 14.8 Å². The van der Waals surface area contributed by atoms with E-state index in [1.165, 1.54) is 19.4 Å². The second kappa shape index (κ2) is 6.89. The number of ether oxygens (including phenoxy) is 2. The summed E-state index contributed by atoms with van der Waals surface area (Å²) in [4.78, 5) is 4.18. The van der Waals surface area contributed by atoms with E-state index in [0.717, 1.165) is 22.6 Å². The molecule has 1 N–H and O–H groups in total. The van der Waals surface area contributed by atoms with E-state index < -0.39 is 5.82 Å². The molecule has 0 unspecified atom stereocenters. The molecule has 1 aromatic heterocycles. The highest BCUT2D eigenvalue weighted by Crippen LogP contribution is 2.35. The molecule has 0 radical (unpaired) electrons. The summed E-state index contributed by atoms with van der Waals surface area (Å²) in [6, 6.07) is 8.84. The number of benzene rings is 2. The minimum absolute atomic E-state index is 0.0932. The van der Waals surface area contributed by atoms with Gasteiger partial charge in [0.05, 0.1) is 31.0 Å². The van der Waals surface area contributed by atoms with Crippen LogP contribution in [0, 0.1) is 31.0 Å². The summed E-state index contributed by atoms with van der Waals surface area (Å²) in [5.74, 6) is 0.325. The van der Waals surface area contributed by atoms with E-state index >= 15 is 0 Å². The molecular formula is C20H18FN3O2. The lowest BCUT2D eigenvalue weighted by Crippen LogP contribution is -2.01. The van der Waals surface area contributed by atoms with Gasteiger partial charge in [-0.25, -0.2) is 4.39 Å². The van der Waals surface area contributed by atoms with Gasteiger partial charge in [-0.3, -0.25) is 4.98 Å². The van der Waals surface area contributed by atoms with Crippen molar-refractivity contribution in [3.05, 3.63) is 53.0 Å². The molecule has 0 amide bonds. The third-order valence-electron chi connectivity index (χ3n) is 4.26. The van der Waals surface area contributed by atoms with Crippen LogP contribution in [-0.4, -0.2) is 19.2 Å². The Kier molecular flexibility index (Phi) is 4.63. The van der Waals surface area contributed by atoms with Crippen molar-refractivity contribution in [3.8, 4) is 17.6 Å². The highest BCUT2D eigenvalue weighted by atomic mass is 19.1. The molecule has 3 rings (SSSR count). The second-order valence-electron chi connectivity index (χ2n) is 5.92. The van der Waals surface area contributed by atoms with E-state index in [1.807, 2.05) is 26.0 Å². The number of rotatable bonds is 4. The number of fused-ring (bicyclic) bond motifs is 1. The number of nitriles is 1. The van der Waals surface area contributed by atoms with E-state index in [0.29, 0.717) is 22.2 Å². The number of hydrogen-bond donors (Lipinski definition) is 1. The highest BCUT2D eigenvalue weighted by molar-refractivity contribution is 5.97. The number of nitrogens with one attached hydrogen (secondary N) is 1. The number of aryl methyl sites for hydroxylation is 2. The Morgan fingerprint density at radius 1 is 1.04 bits per heavy atom. The molecular weight excluding hydrogens is 333 g/mol. The standard InChI is InChI=1S/C20H18FN3O2/c1-11-5-12(2)18(25-3)8-16(11)24-20-13(9-22)10-23-17-7-15(21)19(26-4)6-14(17)20/h5-8,10H,1-4H3,(H,23,24). The topological polar surface area (TPSA) is 67.2 Å². The van der Waals surface area contributed by atoms with Crippen LogP contribution in [0.3, 0.4) is 0 Å². The second-order valence-corrected chi connectivity index (χ2v) is 5.92. The van der Waals surface area contributed by atoms with Gasteiger partial charge in [0, 0.05) is 29.4 Å². The maximum absolute atomic E-state index is 14.0. The van der Waals surface area contributed by atoms with Gasteiger partial charge in [0.15, 0.2) is 11.6 Å². The lowest BCUT2D eigenvalue weighted by atomic mass is 10.1.